The molecule has 0 unspecified atom stereocenters. The number of fused-ring (bicyclic) bond motifs is 1. The van der Waals surface area contributed by atoms with Gasteiger partial charge in [-0.1, -0.05) is 23.2 Å². The molecule has 0 aliphatic carbocycles. The van der Waals surface area contributed by atoms with Crippen LogP contribution in [0.25, 0.3) is 22.3 Å². The van der Waals surface area contributed by atoms with Gasteiger partial charge in [0, 0.05) is 49.1 Å². The summed E-state index contributed by atoms with van der Waals surface area (Å²) >= 11 is 11.9. The Bertz CT molecular complexity index is 1390. The van der Waals surface area contributed by atoms with Crippen molar-refractivity contribution < 1.29 is 43.9 Å². The molecule has 1 aliphatic rings. The number of halogens is 3. The van der Waals surface area contributed by atoms with E-state index in [0.29, 0.717) is 18.5 Å². The lowest BCUT2D eigenvalue weighted by molar-refractivity contribution is -0.135. The highest BCUT2D eigenvalue weighted by Gasteiger charge is 2.36. The molecule has 2 atom stereocenters. The van der Waals surface area contributed by atoms with Crippen molar-refractivity contribution in [2.75, 3.05) is 20.2 Å². The number of likely N-dealkylation sites (N-methyl/N-ethyl adjacent to an activating group) is 1. The monoisotopic (exact) mass is 573 g/mol. The summed E-state index contributed by atoms with van der Waals surface area (Å²) in [5.74, 6) is -3.49. The van der Waals surface area contributed by atoms with Crippen LogP contribution >= 0.6 is 23.2 Å². The molecule has 1 aromatic heterocycles. The fourth-order valence-electron chi connectivity index (χ4n) is 4.14. The van der Waals surface area contributed by atoms with Gasteiger partial charge in [0.1, 0.15) is 34.0 Å². The Morgan fingerprint density at radius 3 is 2.18 bits per heavy atom. The second kappa shape index (κ2) is 12.9. The average molecular weight is 574 g/mol. The first kappa shape index (κ1) is 30.8. The quantitative estimate of drug-likeness (QED) is 0.285. The number of aliphatic carboxylic acids is 2. The number of likely N-dealkylation sites (tertiary alicyclic amines) is 1. The molecule has 38 heavy (non-hydrogen) atoms. The summed E-state index contributed by atoms with van der Waals surface area (Å²) in [5.41, 5.74) is -0.201. The van der Waals surface area contributed by atoms with Crippen molar-refractivity contribution in [3.05, 3.63) is 55.9 Å². The predicted molar refractivity (Wildman–Crippen MR) is 139 cm³/mol. The number of aliphatic hydroxyl groups is 1. The van der Waals surface area contributed by atoms with Gasteiger partial charge in [-0.25, -0.2) is 4.39 Å². The van der Waals surface area contributed by atoms with E-state index in [1.165, 1.54) is 6.07 Å². The van der Waals surface area contributed by atoms with Gasteiger partial charge in [0.15, 0.2) is 5.43 Å². The summed E-state index contributed by atoms with van der Waals surface area (Å²) in [6, 6.07) is 4.13. The molecule has 2 aromatic carbocycles. The van der Waals surface area contributed by atoms with Gasteiger partial charge in [0.05, 0.1) is 16.7 Å². The second-order valence-corrected chi connectivity index (χ2v) is 9.23. The van der Waals surface area contributed by atoms with Gasteiger partial charge in [-0.15, -0.1) is 0 Å². The van der Waals surface area contributed by atoms with Gasteiger partial charge in [-0.3, -0.25) is 14.4 Å². The van der Waals surface area contributed by atoms with Crippen molar-refractivity contribution in [1.82, 2.24) is 4.90 Å². The molecule has 1 saturated heterocycles. The number of carboxylic acids is 2. The van der Waals surface area contributed by atoms with Crippen molar-refractivity contribution in [2.24, 2.45) is 0 Å². The molecule has 4 rings (SSSR count). The zero-order valence-electron chi connectivity index (χ0n) is 20.5. The second-order valence-electron chi connectivity index (χ2n) is 8.42. The maximum absolute atomic E-state index is 14.0. The maximum atomic E-state index is 14.0. The van der Waals surface area contributed by atoms with E-state index < -0.39 is 28.9 Å². The molecular formula is C25H26Cl2FNO9. The Balaban J connectivity index is 0.000000559. The number of hydrogen-bond acceptors (Lipinski definition) is 8. The fourth-order valence-corrected chi connectivity index (χ4v) is 4.61. The Hall–Kier alpha value is -3.38. The van der Waals surface area contributed by atoms with Crippen LogP contribution in [0.2, 0.25) is 10.0 Å². The number of nitrogens with zero attached hydrogens (tertiary/aromatic N) is 1. The topological polar surface area (TPSA) is 169 Å². The molecule has 206 valence electrons. The molecule has 0 spiro atoms. The van der Waals surface area contributed by atoms with E-state index in [-0.39, 0.29) is 56.7 Å². The number of benzene rings is 2. The van der Waals surface area contributed by atoms with Crippen LogP contribution < -0.4 is 5.43 Å². The SMILES string of the molecule is CC(=O)O.CC(=O)O.CN1CC[C@@H](c2c(O)cc(O)c3c(=O)cc(-c4cc(F)c(Cl)cc4Cl)oc23)[C@@H]1CO. The fraction of sp³-hybridized carbons (Fsp3) is 0.320. The molecule has 0 saturated carbocycles. The minimum Gasteiger partial charge on any atom is -0.507 e. The van der Waals surface area contributed by atoms with Crippen molar-refractivity contribution in [3.8, 4) is 22.8 Å². The summed E-state index contributed by atoms with van der Waals surface area (Å²) < 4.78 is 20.0. The third-order valence-corrected chi connectivity index (χ3v) is 6.26. The number of carboxylic acid groups (broad SMARTS) is 2. The molecule has 10 nitrogen and oxygen atoms in total. The largest absolute Gasteiger partial charge is 0.507 e. The zero-order valence-corrected chi connectivity index (χ0v) is 22.0. The Labute approximate surface area is 226 Å². The van der Waals surface area contributed by atoms with E-state index in [1.807, 2.05) is 11.9 Å². The predicted octanol–water partition coefficient (Wildman–Crippen LogP) is 4.28. The van der Waals surface area contributed by atoms with Crippen molar-refractivity contribution in [2.45, 2.75) is 32.2 Å². The smallest absolute Gasteiger partial charge is 0.300 e. The third-order valence-electron chi connectivity index (χ3n) is 5.65. The normalized spacial score (nSPS) is 16.8. The standard InChI is InChI=1S/C21H18Cl2FNO5.2C2H4O2/c1-25-3-2-9(14(25)8-26)19-15(27)6-16(28)20-17(29)7-18(30-21(19)20)10-4-13(24)12(23)5-11(10)22;2*1-2(3)4/h4-7,9,14,26-28H,2-3,8H2,1H3;2*1H3,(H,3,4)/t9-,14+;;/m1../s1. The lowest BCUT2D eigenvalue weighted by atomic mass is 9.89. The van der Waals surface area contributed by atoms with Crippen LogP contribution in [0.1, 0.15) is 31.7 Å². The number of phenolic OH excluding ortho intramolecular Hbond substituents is 2. The van der Waals surface area contributed by atoms with E-state index in [1.54, 1.807) is 0 Å². The number of hydrogen-bond donors (Lipinski definition) is 5. The van der Waals surface area contributed by atoms with Gasteiger partial charge in [-0.2, -0.15) is 0 Å². The third kappa shape index (κ3) is 7.13. The zero-order chi connectivity index (χ0) is 28.9. The van der Waals surface area contributed by atoms with E-state index in [2.05, 4.69) is 0 Å². The van der Waals surface area contributed by atoms with Crippen molar-refractivity contribution in [1.29, 1.82) is 0 Å². The molecule has 5 N–H and O–H groups in total. The van der Waals surface area contributed by atoms with Gasteiger partial charge in [0.25, 0.3) is 11.9 Å². The number of aliphatic hydroxyl groups excluding tert-OH is 1. The summed E-state index contributed by atoms with van der Waals surface area (Å²) in [4.78, 5) is 32.8. The maximum Gasteiger partial charge on any atom is 0.300 e. The summed E-state index contributed by atoms with van der Waals surface area (Å²) in [7, 11) is 1.85. The van der Waals surface area contributed by atoms with Crippen LogP contribution in [0.4, 0.5) is 4.39 Å². The Kier molecular flexibility index (Phi) is 10.5. The molecular weight excluding hydrogens is 548 g/mol. The first-order valence-corrected chi connectivity index (χ1v) is 11.8. The lowest BCUT2D eigenvalue weighted by Crippen LogP contribution is -2.32. The summed E-state index contributed by atoms with van der Waals surface area (Å²) in [6.07, 6.45) is 0.597. The summed E-state index contributed by atoms with van der Waals surface area (Å²) in [6.45, 7) is 2.66. The van der Waals surface area contributed by atoms with Gasteiger partial charge >= 0.3 is 0 Å². The van der Waals surface area contributed by atoms with Crippen LogP contribution in [-0.4, -0.2) is 68.6 Å². The van der Waals surface area contributed by atoms with E-state index in [0.717, 1.165) is 32.0 Å². The van der Waals surface area contributed by atoms with E-state index in [9.17, 15) is 24.5 Å². The molecule has 2 heterocycles. The lowest BCUT2D eigenvalue weighted by Gasteiger charge is -2.24. The first-order chi connectivity index (χ1) is 17.7. The number of rotatable bonds is 3. The highest BCUT2D eigenvalue weighted by molar-refractivity contribution is 6.36. The van der Waals surface area contributed by atoms with Crippen LogP contribution in [-0.2, 0) is 9.59 Å². The summed E-state index contributed by atoms with van der Waals surface area (Å²) in [5, 5.41) is 45.3. The Morgan fingerprint density at radius 1 is 1.05 bits per heavy atom. The molecule has 0 amide bonds. The molecule has 1 aliphatic heterocycles. The van der Waals surface area contributed by atoms with Gasteiger partial charge < -0.3 is 34.8 Å². The molecule has 13 heteroatoms. The van der Waals surface area contributed by atoms with Crippen LogP contribution in [0.3, 0.4) is 0 Å². The van der Waals surface area contributed by atoms with E-state index >= 15 is 0 Å². The van der Waals surface area contributed by atoms with Crippen LogP contribution in [0, 0.1) is 5.82 Å². The number of carbonyl (C=O) groups is 2. The average Bonchev–Trinajstić information content (AvgIpc) is 3.14. The van der Waals surface area contributed by atoms with E-state index in [4.69, 9.17) is 47.4 Å². The van der Waals surface area contributed by atoms with Gasteiger partial charge in [0.2, 0.25) is 0 Å². The Morgan fingerprint density at radius 2 is 1.63 bits per heavy atom. The highest BCUT2D eigenvalue weighted by atomic mass is 35.5. The van der Waals surface area contributed by atoms with Crippen molar-refractivity contribution >= 4 is 46.1 Å². The van der Waals surface area contributed by atoms with Gasteiger partial charge in [-0.05, 0) is 32.1 Å². The van der Waals surface area contributed by atoms with Crippen molar-refractivity contribution in [3.63, 3.8) is 0 Å². The van der Waals surface area contributed by atoms with Crippen LogP contribution in [0.5, 0.6) is 11.5 Å². The molecule has 1 fully saturated rings. The minimum atomic E-state index is -0.833. The molecule has 0 bridgehead atoms. The molecule has 3 aromatic rings. The number of phenols is 2. The molecule has 0 radical (unpaired) electrons. The minimum absolute atomic E-state index is 0.0276. The number of aromatic hydroxyl groups is 2. The first-order valence-electron chi connectivity index (χ1n) is 11.1. The highest BCUT2D eigenvalue weighted by Crippen LogP contribution is 2.44. The van der Waals surface area contributed by atoms with Crippen LogP contribution in [0.15, 0.2) is 33.5 Å².